The van der Waals surface area contributed by atoms with Crippen molar-refractivity contribution in [1.82, 2.24) is 14.8 Å². The quantitative estimate of drug-likeness (QED) is 0.802. The third-order valence-corrected chi connectivity index (χ3v) is 4.67. The van der Waals surface area contributed by atoms with Crippen molar-refractivity contribution in [3.8, 4) is 0 Å². The highest BCUT2D eigenvalue weighted by atomic mass is 16.5. The summed E-state index contributed by atoms with van der Waals surface area (Å²) in [6.45, 7) is 3.82. The molecule has 0 aliphatic carbocycles. The van der Waals surface area contributed by atoms with Crippen LogP contribution in [0.3, 0.4) is 0 Å². The molecule has 2 amide bonds. The van der Waals surface area contributed by atoms with Crippen molar-refractivity contribution in [3.63, 3.8) is 0 Å². The average Bonchev–Trinajstić information content (AvgIpc) is 3.26. The van der Waals surface area contributed by atoms with Crippen LogP contribution in [0, 0.1) is 0 Å². The number of hydrogen-bond acceptors (Lipinski definition) is 5. The van der Waals surface area contributed by atoms with E-state index < -0.39 is 6.04 Å². The smallest absolute Gasteiger partial charge is 0.328 e. The van der Waals surface area contributed by atoms with Crippen molar-refractivity contribution in [2.45, 2.75) is 39.0 Å². The molecular formula is C17H23N3O5. The Bertz CT molecular complexity index is 697. The van der Waals surface area contributed by atoms with Gasteiger partial charge in [0, 0.05) is 20.1 Å². The lowest BCUT2D eigenvalue weighted by Crippen LogP contribution is -2.42. The molecule has 1 aromatic rings. The van der Waals surface area contributed by atoms with E-state index in [-0.39, 0.29) is 31.0 Å². The molecule has 0 saturated carbocycles. The van der Waals surface area contributed by atoms with Gasteiger partial charge in [0.05, 0.1) is 31.1 Å². The molecule has 2 aliphatic heterocycles. The number of rotatable bonds is 4. The summed E-state index contributed by atoms with van der Waals surface area (Å²) >= 11 is 0. The second-order valence-electron chi connectivity index (χ2n) is 6.08. The van der Waals surface area contributed by atoms with Gasteiger partial charge >= 0.3 is 5.97 Å². The first-order valence-corrected chi connectivity index (χ1v) is 8.58. The van der Waals surface area contributed by atoms with Gasteiger partial charge in [-0.15, -0.1) is 0 Å². The third-order valence-electron chi connectivity index (χ3n) is 4.67. The number of aromatic nitrogens is 1. The highest BCUT2D eigenvalue weighted by Crippen LogP contribution is 2.26. The molecule has 8 nitrogen and oxygen atoms in total. The second kappa shape index (κ2) is 7.26. The highest BCUT2D eigenvalue weighted by molar-refractivity contribution is 6.01. The Morgan fingerprint density at radius 1 is 1.36 bits per heavy atom. The Morgan fingerprint density at radius 2 is 2.16 bits per heavy atom. The Hall–Kier alpha value is -2.35. The van der Waals surface area contributed by atoms with E-state index in [0.717, 1.165) is 6.42 Å². The molecule has 0 spiro atoms. The zero-order valence-electron chi connectivity index (χ0n) is 14.5. The maximum atomic E-state index is 13.1. The Morgan fingerprint density at radius 3 is 2.88 bits per heavy atom. The number of esters is 1. The van der Waals surface area contributed by atoms with Gasteiger partial charge in [-0.2, -0.15) is 0 Å². The van der Waals surface area contributed by atoms with E-state index in [9.17, 15) is 14.4 Å². The zero-order chi connectivity index (χ0) is 18.0. The van der Waals surface area contributed by atoms with Crippen LogP contribution >= 0.6 is 0 Å². The van der Waals surface area contributed by atoms with Crippen LogP contribution in [0.2, 0.25) is 0 Å². The molecule has 1 aromatic heterocycles. The normalized spacial score (nSPS) is 19.4. The van der Waals surface area contributed by atoms with Crippen molar-refractivity contribution in [3.05, 3.63) is 23.0 Å². The number of carbonyl (C=O) groups is 3. The summed E-state index contributed by atoms with van der Waals surface area (Å²) in [5.41, 5.74) is 1.56. The maximum Gasteiger partial charge on any atom is 0.328 e. The standard InChI is InChI=1S/C17H23N3O5/c1-3-25-17(23)12-5-4-6-20(12)16(22)13-9-11(15(21)18-2)14-10-24-8-7-19(13)14/h9,12H,3-8,10H2,1-2H3,(H,18,21)/t12-/m1/s1. The first-order chi connectivity index (χ1) is 12.1. The molecule has 1 atom stereocenters. The number of nitrogens with one attached hydrogen (secondary N) is 1. The topological polar surface area (TPSA) is 89.9 Å². The van der Waals surface area contributed by atoms with Crippen molar-refractivity contribution < 1.29 is 23.9 Å². The van der Waals surface area contributed by atoms with Crippen LogP contribution in [0.1, 0.15) is 46.3 Å². The van der Waals surface area contributed by atoms with E-state index in [4.69, 9.17) is 9.47 Å². The van der Waals surface area contributed by atoms with Gasteiger partial charge in [0.2, 0.25) is 0 Å². The minimum Gasteiger partial charge on any atom is -0.464 e. The number of ether oxygens (including phenoxy) is 2. The Kier molecular flexibility index (Phi) is 5.08. The van der Waals surface area contributed by atoms with Crippen LogP contribution in [-0.2, 0) is 27.4 Å². The van der Waals surface area contributed by atoms with E-state index in [1.54, 1.807) is 24.9 Å². The predicted octanol–water partition coefficient (Wildman–Crippen LogP) is 0.546. The second-order valence-corrected chi connectivity index (χ2v) is 6.08. The van der Waals surface area contributed by atoms with Gasteiger partial charge in [-0.1, -0.05) is 0 Å². The molecule has 2 aliphatic rings. The van der Waals surface area contributed by atoms with Crippen molar-refractivity contribution in [1.29, 1.82) is 0 Å². The summed E-state index contributed by atoms with van der Waals surface area (Å²) in [6.07, 6.45) is 1.36. The molecule has 8 heteroatoms. The molecule has 3 heterocycles. The number of amides is 2. The molecule has 3 rings (SSSR count). The number of carbonyl (C=O) groups excluding carboxylic acids is 3. The van der Waals surface area contributed by atoms with Gasteiger partial charge in [-0.25, -0.2) is 4.79 Å². The minimum atomic E-state index is -0.554. The van der Waals surface area contributed by atoms with E-state index in [1.165, 1.54) is 0 Å². The van der Waals surface area contributed by atoms with E-state index in [1.807, 2.05) is 4.57 Å². The molecule has 0 unspecified atom stereocenters. The molecule has 25 heavy (non-hydrogen) atoms. The highest BCUT2D eigenvalue weighted by Gasteiger charge is 2.37. The number of nitrogens with zero attached hydrogens (tertiary/aromatic N) is 2. The maximum absolute atomic E-state index is 13.1. The summed E-state index contributed by atoms with van der Waals surface area (Å²) in [4.78, 5) is 38.9. The zero-order valence-corrected chi connectivity index (χ0v) is 14.5. The van der Waals surface area contributed by atoms with Crippen LogP contribution in [0.4, 0.5) is 0 Å². The predicted molar refractivity (Wildman–Crippen MR) is 88.2 cm³/mol. The van der Waals surface area contributed by atoms with Gasteiger partial charge in [0.15, 0.2) is 0 Å². The third kappa shape index (κ3) is 3.13. The van der Waals surface area contributed by atoms with Crippen molar-refractivity contribution in [2.24, 2.45) is 0 Å². The molecule has 0 radical (unpaired) electrons. The fraction of sp³-hybridized carbons (Fsp3) is 0.588. The van der Waals surface area contributed by atoms with Crippen LogP contribution < -0.4 is 5.32 Å². The molecule has 1 N–H and O–H groups in total. The first-order valence-electron chi connectivity index (χ1n) is 8.58. The molecular weight excluding hydrogens is 326 g/mol. The number of likely N-dealkylation sites (tertiary alicyclic amines) is 1. The molecule has 0 bridgehead atoms. The van der Waals surface area contributed by atoms with E-state index in [0.29, 0.717) is 43.1 Å². The van der Waals surface area contributed by atoms with Crippen LogP contribution in [0.5, 0.6) is 0 Å². The Balaban J connectivity index is 1.93. The van der Waals surface area contributed by atoms with Crippen LogP contribution in [0.15, 0.2) is 6.07 Å². The molecule has 1 saturated heterocycles. The van der Waals surface area contributed by atoms with Gasteiger partial charge in [-0.3, -0.25) is 9.59 Å². The first kappa shape index (κ1) is 17.5. The molecule has 1 fully saturated rings. The molecule has 136 valence electrons. The van der Waals surface area contributed by atoms with Gasteiger partial charge < -0.3 is 24.3 Å². The van der Waals surface area contributed by atoms with Gasteiger partial charge in [0.1, 0.15) is 11.7 Å². The summed E-state index contributed by atoms with van der Waals surface area (Å²) in [6, 6.07) is 1.05. The fourth-order valence-electron chi connectivity index (χ4n) is 3.47. The lowest BCUT2D eigenvalue weighted by atomic mass is 10.2. The SMILES string of the molecule is CCOC(=O)[C@H]1CCCN1C(=O)c1cc(C(=O)NC)c2n1CCOC2. The Labute approximate surface area is 146 Å². The van der Waals surface area contributed by atoms with Gasteiger partial charge in [0.25, 0.3) is 11.8 Å². The van der Waals surface area contributed by atoms with Crippen LogP contribution in [0.25, 0.3) is 0 Å². The van der Waals surface area contributed by atoms with E-state index in [2.05, 4.69) is 5.32 Å². The summed E-state index contributed by atoms with van der Waals surface area (Å²) in [5.74, 6) is -0.862. The summed E-state index contributed by atoms with van der Waals surface area (Å²) in [5, 5.41) is 2.59. The van der Waals surface area contributed by atoms with E-state index >= 15 is 0 Å². The molecule has 0 aromatic carbocycles. The lowest BCUT2D eigenvalue weighted by Gasteiger charge is -2.25. The minimum absolute atomic E-state index is 0.242. The van der Waals surface area contributed by atoms with Crippen molar-refractivity contribution in [2.75, 3.05) is 26.8 Å². The van der Waals surface area contributed by atoms with Crippen molar-refractivity contribution >= 4 is 17.8 Å². The lowest BCUT2D eigenvalue weighted by molar-refractivity contribution is -0.147. The number of fused-ring (bicyclic) bond motifs is 1. The monoisotopic (exact) mass is 349 g/mol. The van der Waals surface area contributed by atoms with Gasteiger partial charge in [-0.05, 0) is 25.8 Å². The number of hydrogen-bond donors (Lipinski definition) is 1. The fourth-order valence-corrected chi connectivity index (χ4v) is 3.47. The largest absolute Gasteiger partial charge is 0.464 e. The summed E-state index contributed by atoms with van der Waals surface area (Å²) < 4.78 is 12.4. The van der Waals surface area contributed by atoms with Crippen LogP contribution in [-0.4, -0.2) is 60.1 Å². The average molecular weight is 349 g/mol. The summed E-state index contributed by atoms with van der Waals surface area (Å²) in [7, 11) is 1.55.